The summed E-state index contributed by atoms with van der Waals surface area (Å²) in [5.74, 6) is 0.119. The molecule has 0 saturated carbocycles. The molecule has 0 radical (unpaired) electrons. The summed E-state index contributed by atoms with van der Waals surface area (Å²) < 4.78 is 7.38. The number of rotatable bonds is 8. The summed E-state index contributed by atoms with van der Waals surface area (Å²) in [4.78, 5) is 19.6. The number of carbonyl (C=O) groups is 1. The molecule has 5 aromatic rings. The Morgan fingerprint density at radius 2 is 1.65 bits per heavy atom. The van der Waals surface area contributed by atoms with Crippen LogP contribution in [0.15, 0.2) is 84.5 Å². The molecule has 0 N–H and O–H groups in total. The number of nitrogens with zero attached hydrogens (tertiary/aromatic N) is 4. The number of benzene rings is 3. The number of hydrogen-bond acceptors (Lipinski definition) is 6. The molecule has 1 saturated heterocycles. The van der Waals surface area contributed by atoms with Gasteiger partial charge in [0.15, 0.2) is 5.78 Å². The van der Waals surface area contributed by atoms with Crippen LogP contribution in [0.5, 0.6) is 0 Å². The topological polar surface area (TPSA) is 60.2 Å². The highest BCUT2D eigenvalue weighted by atomic mass is 32.1. The van der Waals surface area contributed by atoms with E-state index in [-0.39, 0.29) is 5.78 Å². The van der Waals surface area contributed by atoms with Crippen molar-refractivity contribution in [1.82, 2.24) is 14.8 Å². The van der Waals surface area contributed by atoms with Gasteiger partial charge in [-0.3, -0.25) is 4.79 Å². The van der Waals surface area contributed by atoms with E-state index in [0.717, 1.165) is 72.5 Å². The van der Waals surface area contributed by atoms with Gasteiger partial charge >= 0.3 is 0 Å². The van der Waals surface area contributed by atoms with E-state index in [2.05, 4.69) is 51.4 Å². The van der Waals surface area contributed by atoms with Crippen molar-refractivity contribution in [2.24, 2.45) is 0 Å². The summed E-state index contributed by atoms with van der Waals surface area (Å²) in [6.45, 7) is 3.27. The Balaban J connectivity index is 1.12. The van der Waals surface area contributed by atoms with Crippen molar-refractivity contribution in [2.45, 2.75) is 19.3 Å². The van der Waals surface area contributed by atoms with Crippen LogP contribution in [0.4, 0.5) is 5.69 Å². The molecule has 1 aliphatic rings. The molecule has 0 unspecified atom stereocenters. The second-order valence-corrected chi connectivity index (χ2v) is 10.3. The maximum atomic E-state index is 13.0. The lowest BCUT2D eigenvalue weighted by molar-refractivity contribution is 0.0993. The Morgan fingerprint density at radius 1 is 0.892 bits per heavy atom. The van der Waals surface area contributed by atoms with Crippen molar-refractivity contribution < 1.29 is 9.53 Å². The van der Waals surface area contributed by atoms with Gasteiger partial charge in [-0.1, -0.05) is 18.2 Å². The quantitative estimate of drug-likeness (QED) is 0.258. The van der Waals surface area contributed by atoms with Crippen LogP contribution < -0.4 is 4.90 Å². The van der Waals surface area contributed by atoms with Gasteiger partial charge in [-0.25, -0.2) is 9.67 Å². The molecule has 3 heterocycles. The van der Waals surface area contributed by atoms with E-state index in [1.54, 1.807) is 11.3 Å². The highest BCUT2D eigenvalue weighted by molar-refractivity contribution is 7.09. The van der Waals surface area contributed by atoms with Crippen LogP contribution in [0, 0.1) is 0 Å². The summed E-state index contributed by atoms with van der Waals surface area (Å²) >= 11 is 1.70. The van der Waals surface area contributed by atoms with Gasteiger partial charge in [0.25, 0.3) is 0 Å². The van der Waals surface area contributed by atoms with Gasteiger partial charge in [0, 0.05) is 54.1 Å². The van der Waals surface area contributed by atoms with Crippen LogP contribution in [-0.4, -0.2) is 46.9 Å². The number of Topliss-reactive ketones (excluding diaryl/α,β-unsaturated/α-hetero) is 1. The number of ketones is 1. The lowest BCUT2D eigenvalue weighted by Crippen LogP contribution is -2.36. The summed E-state index contributed by atoms with van der Waals surface area (Å²) in [6, 6.07) is 22.7. The molecule has 6 rings (SSSR count). The first kappa shape index (κ1) is 23.6. The van der Waals surface area contributed by atoms with Gasteiger partial charge in [-0.05, 0) is 66.1 Å². The van der Waals surface area contributed by atoms with E-state index in [1.165, 1.54) is 10.6 Å². The molecule has 37 heavy (non-hydrogen) atoms. The smallest absolute Gasteiger partial charge is 0.167 e. The molecule has 6 nitrogen and oxygen atoms in total. The third kappa shape index (κ3) is 5.33. The van der Waals surface area contributed by atoms with Gasteiger partial charge in [-0.15, -0.1) is 11.3 Å². The first-order chi connectivity index (χ1) is 18.2. The van der Waals surface area contributed by atoms with Crippen molar-refractivity contribution >= 4 is 33.7 Å². The molecule has 0 atom stereocenters. The van der Waals surface area contributed by atoms with E-state index < -0.39 is 0 Å². The first-order valence-corrected chi connectivity index (χ1v) is 13.5. The molecular weight excluding hydrogens is 480 g/mol. The standard InChI is InChI=1S/C30H28N4O2S/c35-29(24-5-9-26(10-6-24)33-14-16-36-17-15-33)20-23-3-11-28-25(19-23)21-32-34(28)27-7-1-22(2-8-27)4-12-30-31-13-18-37-30/h1-3,5-11,13,18-19,21H,4,12,14-17,20H2. The van der Waals surface area contributed by atoms with Crippen molar-refractivity contribution in [3.8, 4) is 5.69 Å². The maximum absolute atomic E-state index is 13.0. The minimum absolute atomic E-state index is 0.119. The number of hydrogen-bond donors (Lipinski definition) is 0. The Labute approximate surface area is 220 Å². The number of morpholine rings is 1. The van der Waals surface area contributed by atoms with Crippen molar-refractivity contribution in [3.05, 3.63) is 106 Å². The number of ether oxygens (including phenoxy) is 1. The van der Waals surface area contributed by atoms with Gasteiger partial charge < -0.3 is 9.64 Å². The number of fused-ring (bicyclic) bond motifs is 1. The molecule has 0 amide bonds. The van der Waals surface area contributed by atoms with Crippen molar-refractivity contribution in [2.75, 3.05) is 31.2 Å². The summed E-state index contributed by atoms with van der Waals surface area (Å²) in [5.41, 5.74) is 6.21. The molecule has 186 valence electrons. The average Bonchev–Trinajstić information content (AvgIpc) is 3.63. The third-order valence-corrected chi connectivity index (χ3v) is 7.69. The zero-order chi connectivity index (χ0) is 25.0. The molecule has 0 bridgehead atoms. The number of thiazole rings is 1. The van der Waals surface area contributed by atoms with Crippen LogP contribution in [0.3, 0.4) is 0 Å². The highest BCUT2D eigenvalue weighted by Crippen LogP contribution is 2.22. The Bertz CT molecular complexity index is 1490. The summed E-state index contributed by atoms with van der Waals surface area (Å²) in [7, 11) is 0. The van der Waals surface area contributed by atoms with E-state index >= 15 is 0 Å². The van der Waals surface area contributed by atoms with Gasteiger partial charge in [0.2, 0.25) is 0 Å². The fourth-order valence-corrected chi connectivity index (χ4v) is 5.42. The molecule has 1 aliphatic heterocycles. The molecule has 0 aliphatic carbocycles. The molecular formula is C30H28N4O2S. The van der Waals surface area contributed by atoms with E-state index in [1.807, 2.05) is 52.8 Å². The first-order valence-electron chi connectivity index (χ1n) is 12.6. The highest BCUT2D eigenvalue weighted by Gasteiger charge is 2.14. The Morgan fingerprint density at radius 3 is 2.41 bits per heavy atom. The SMILES string of the molecule is O=C(Cc1ccc2c(cnn2-c2ccc(CCc3nccs3)cc2)c1)c1ccc(N2CCOCC2)cc1. The van der Waals surface area contributed by atoms with Crippen molar-refractivity contribution in [1.29, 1.82) is 0 Å². The van der Waals surface area contributed by atoms with E-state index in [9.17, 15) is 4.79 Å². The zero-order valence-electron chi connectivity index (χ0n) is 20.5. The van der Waals surface area contributed by atoms with Crippen molar-refractivity contribution in [3.63, 3.8) is 0 Å². The summed E-state index contributed by atoms with van der Waals surface area (Å²) in [5, 5.41) is 8.84. The average molecular weight is 509 g/mol. The molecule has 0 spiro atoms. The number of carbonyl (C=O) groups excluding carboxylic acids is 1. The zero-order valence-corrected chi connectivity index (χ0v) is 21.4. The third-order valence-electron chi connectivity index (χ3n) is 6.85. The van der Waals surface area contributed by atoms with E-state index in [0.29, 0.717) is 6.42 Å². The molecule has 7 heteroatoms. The lowest BCUT2D eigenvalue weighted by atomic mass is 10.0. The minimum Gasteiger partial charge on any atom is -0.378 e. The monoisotopic (exact) mass is 508 g/mol. The molecule has 2 aromatic heterocycles. The van der Waals surface area contributed by atoms with Gasteiger partial charge in [0.05, 0.1) is 35.6 Å². The number of aryl methyl sites for hydroxylation is 2. The van der Waals surface area contributed by atoms with E-state index in [4.69, 9.17) is 4.74 Å². The number of anilines is 1. The fourth-order valence-electron chi connectivity index (χ4n) is 4.80. The number of aromatic nitrogens is 3. The second kappa shape index (κ2) is 10.7. The second-order valence-electron chi connectivity index (χ2n) is 9.29. The van der Waals surface area contributed by atoms with Crippen LogP contribution in [-0.2, 0) is 24.0 Å². The molecule has 3 aromatic carbocycles. The van der Waals surface area contributed by atoms with Crippen LogP contribution in [0.1, 0.15) is 26.5 Å². The van der Waals surface area contributed by atoms with Gasteiger partial charge in [-0.2, -0.15) is 5.10 Å². The Hall–Kier alpha value is -3.81. The molecule has 1 fully saturated rings. The normalized spacial score (nSPS) is 13.8. The van der Waals surface area contributed by atoms with Crippen LogP contribution >= 0.6 is 11.3 Å². The maximum Gasteiger partial charge on any atom is 0.167 e. The fraction of sp³-hybridized carbons (Fsp3) is 0.233. The minimum atomic E-state index is 0.119. The lowest BCUT2D eigenvalue weighted by Gasteiger charge is -2.28. The van der Waals surface area contributed by atoms with Gasteiger partial charge in [0.1, 0.15) is 0 Å². The predicted molar refractivity (Wildman–Crippen MR) is 148 cm³/mol. The Kier molecular flexibility index (Phi) is 6.80. The summed E-state index contributed by atoms with van der Waals surface area (Å²) in [6.07, 6.45) is 6.03. The van der Waals surface area contributed by atoms with Crippen LogP contribution in [0.25, 0.3) is 16.6 Å². The van der Waals surface area contributed by atoms with Crippen LogP contribution in [0.2, 0.25) is 0 Å². The largest absolute Gasteiger partial charge is 0.378 e. The predicted octanol–water partition coefficient (Wildman–Crippen LogP) is 5.53.